The third-order valence-electron chi connectivity index (χ3n) is 14.0. The third-order valence-corrected chi connectivity index (χ3v) is 14.0. The first-order chi connectivity index (χ1) is 34.7. The smallest absolute Gasteiger partial charge is 0.0618 e. The molecule has 0 unspecified atom stereocenters. The summed E-state index contributed by atoms with van der Waals surface area (Å²) in [7, 11) is 0. The first-order valence-corrected chi connectivity index (χ1v) is 24.1. The molecule has 0 atom stereocenters. The zero-order chi connectivity index (χ0) is 46.4. The highest BCUT2D eigenvalue weighted by atomic mass is 15.1. The highest BCUT2D eigenvalue weighted by Gasteiger charge is 2.22. The van der Waals surface area contributed by atoms with E-state index in [1.807, 2.05) is 0 Å². The summed E-state index contributed by atoms with van der Waals surface area (Å²) >= 11 is 0. The van der Waals surface area contributed by atoms with Gasteiger partial charge in [-0.3, -0.25) is 0 Å². The van der Waals surface area contributed by atoms with Crippen LogP contribution in [0.2, 0.25) is 0 Å². The van der Waals surface area contributed by atoms with E-state index in [-0.39, 0.29) is 0 Å². The van der Waals surface area contributed by atoms with Crippen molar-refractivity contribution >= 4 is 60.4 Å². The Morgan fingerprint density at radius 3 is 1.39 bits per heavy atom. The van der Waals surface area contributed by atoms with Crippen LogP contribution in [0.3, 0.4) is 0 Å². The van der Waals surface area contributed by atoms with E-state index in [0.717, 1.165) is 33.9 Å². The van der Waals surface area contributed by atoms with Crippen LogP contribution in [0.25, 0.3) is 105 Å². The van der Waals surface area contributed by atoms with Crippen molar-refractivity contribution in [3.05, 3.63) is 279 Å². The van der Waals surface area contributed by atoms with Gasteiger partial charge >= 0.3 is 0 Å². The van der Waals surface area contributed by atoms with Gasteiger partial charge in [0.1, 0.15) is 0 Å². The van der Waals surface area contributed by atoms with E-state index in [0.29, 0.717) is 0 Å². The molecule has 0 amide bonds. The van der Waals surface area contributed by atoms with E-state index in [2.05, 4.69) is 289 Å². The molecule has 2 heteroatoms. The third kappa shape index (κ3) is 7.31. The van der Waals surface area contributed by atoms with E-state index in [1.54, 1.807) is 0 Å². The standard InChI is InChI=1S/C68H46N2/c1-3-15-47(16-4-1)49-29-31-50(32-30-49)51-35-40-58(41-36-51)69(60-23-13-22-56(46-60)57-34-33-48-17-7-8-21-55(48)45-57)59-42-37-54(38-43-59)63-27-14-26-62(52-18-5-2-6-19-52)68(63)70-65-28-12-11-25-64(65)67-61-24-10-9-20-53(61)39-44-66(67)70/h1-46H. The monoisotopic (exact) mass is 890 g/mol. The first kappa shape index (κ1) is 41.0. The lowest BCUT2D eigenvalue weighted by atomic mass is 9.95. The molecule has 13 rings (SSSR count). The van der Waals surface area contributed by atoms with Crippen LogP contribution in [0.4, 0.5) is 17.1 Å². The van der Waals surface area contributed by atoms with Gasteiger partial charge in [0.2, 0.25) is 0 Å². The van der Waals surface area contributed by atoms with Gasteiger partial charge in [0, 0.05) is 39.0 Å². The summed E-state index contributed by atoms with van der Waals surface area (Å²) in [5.74, 6) is 0. The summed E-state index contributed by atoms with van der Waals surface area (Å²) in [6.07, 6.45) is 0. The molecule has 2 nitrogen and oxygen atoms in total. The fourth-order valence-corrected chi connectivity index (χ4v) is 10.6. The van der Waals surface area contributed by atoms with Crippen LogP contribution in [-0.2, 0) is 0 Å². The Kier molecular flexibility index (Phi) is 10.2. The summed E-state index contributed by atoms with van der Waals surface area (Å²) in [5, 5.41) is 7.49. The minimum atomic E-state index is 1.07. The summed E-state index contributed by atoms with van der Waals surface area (Å²) < 4.78 is 2.50. The molecule has 0 spiro atoms. The fraction of sp³-hybridized carbons (Fsp3) is 0. The van der Waals surface area contributed by atoms with Crippen molar-refractivity contribution in [1.82, 2.24) is 4.57 Å². The predicted molar refractivity (Wildman–Crippen MR) is 298 cm³/mol. The van der Waals surface area contributed by atoms with Crippen molar-refractivity contribution in [2.75, 3.05) is 4.90 Å². The van der Waals surface area contributed by atoms with Gasteiger partial charge in [0.05, 0.1) is 16.7 Å². The topological polar surface area (TPSA) is 8.17 Å². The molecule has 1 heterocycles. The number of fused-ring (bicyclic) bond motifs is 6. The van der Waals surface area contributed by atoms with Crippen LogP contribution in [0.5, 0.6) is 0 Å². The summed E-state index contributed by atoms with van der Waals surface area (Å²) in [5.41, 5.74) is 18.6. The lowest BCUT2D eigenvalue weighted by Gasteiger charge is -2.27. The van der Waals surface area contributed by atoms with Crippen molar-refractivity contribution in [2.24, 2.45) is 0 Å². The number of anilines is 3. The van der Waals surface area contributed by atoms with E-state index >= 15 is 0 Å². The molecule has 0 fully saturated rings. The van der Waals surface area contributed by atoms with Gasteiger partial charge in [0.15, 0.2) is 0 Å². The van der Waals surface area contributed by atoms with E-state index < -0.39 is 0 Å². The molecular formula is C68H46N2. The second kappa shape index (κ2) is 17.4. The van der Waals surface area contributed by atoms with Crippen molar-refractivity contribution in [3.8, 4) is 61.3 Å². The van der Waals surface area contributed by atoms with E-state index in [1.165, 1.54) is 87.9 Å². The Morgan fingerprint density at radius 1 is 0.243 bits per heavy atom. The molecule has 328 valence electrons. The Morgan fingerprint density at radius 2 is 0.700 bits per heavy atom. The van der Waals surface area contributed by atoms with Gasteiger partial charge in [-0.25, -0.2) is 0 Å². The maximum Gasteiger partial charge on any atom is 0.0618 e. The van der Waals surface area contributed by atoms with Crippen LogP contribution < -0.4 is 4.90 Å². The van der Waals surface area contributed by atoms with Crippen LogP contribution in [0, 0.1) is 0 Å². The molecule has 0 aliphatic heterocycles. The average molecular weight is 891 g/mol. The number of aromatic nitrogens is 1. The Labute approximate surface area is 408 Å². The molecule has 0 saturated carbocycles. The highest BCUT2D eigenvalue weighted by Crippen LogP contribution is 2.45. The summed E-state index contributed by atoms with van der Waals surface area (Å²) in [6.45, 7) is 0. The average Bonchev–Trinajstić information content (AvgIpc) is 3.78. The Balaban J connectivity index is 0.948. The number of hydrogen-bond donors (Lipinski definition) is 0. The van der Waals surface area contributed by atoms with Crippen LogP contribution in [-0.4, -0.2) is 4.57 Å². The number of nitrogens with zero attached hydrogens (tertiary/aromatic N) is 2. The Bertz CT molecular complexity index is 4020. The molecule has 0 saturated heterocycles. The Hall–Kier alpha value is -9.24. The normalized spacial score (nSPS) is 11.4. The number of rotatable bonds is 9. The molecule has 0 radical (unpaired) electrons. The molecule has 70 heavy (non-hydrogen) atoms. The van der Waals surface area contributed by atoms with Gasteiger partial charge in [-0.15, -0.1) is 0 Å². The van der Waals surface area contributed by atoms with Crippen molar-refractivity contribution < 1.29 is 0 Å². The van der Waals surface area contributed by atoms with Crippen LogP contribution >= 0.6 is 0 Å². The second-order valence-electron chi connectivity index (χ2n) is 18.1. The van der Waals surface area contributed by atoms with Gasteiger partial charge < -0.3 is 9.47 Å². The van der Waals surface area contributed by atoms with Crippen molar-refractivity contribution in [1.29, 1.82) is 0 Å². The lowest BCUT2D eigenvalue weighted by molar-refractivity contribution is 1.18. The second-order valence-corrected chi connectivity index (χ2v) is 18.1. The van der Waals surface area contributed by atoms with Crippen LogP contribution in [0.15, 0.2) is 279 Å². The summed E-state index contributed by atoms with van der Waals surface area (Å²) in [6, 6.07) is 102. The van der Waals surface area contributed by atoms with Crippen LogP contribution in [0.1, 0.15) is 0 Å². The number of hydrogen-bond acceptors (Lipinski definition) is 1. The van der Waals surface area contributed by atoms with Gasteiger partial charge in [-0.05, 0) is 121 Å². The van der Waals surface area contributed by atoms with E-state index in [4.69, 9.17) is 0 Å². The molecule has 0 aliphatic rings. The molecule has 0 N–H and O–H groups in total. The minimum Gasteiger partial charge on any atom is -0.310 e. The molecule has 13 aromatic rings. The predicted octanol–water partition coefficient (Wildman–Crippen LogP) is 18.9. The van der Waals surface area contributed by atoms with Gasteiger partial charge in [-0.2, -0.15) is 0 Å². The fourth-order valence-electron chi connectivity index (χ4n) is 10.6. The molecular weight excluding hydrogens is 845 g/mol. The van der Waals surface area contributed by atoms with Gasteiger partial charge in [-0.1, -0.05) is 224 Å². The van der Waals surface area contributed by atoms with Crippen molar-refractivity contribution in [2.45, 2.75) is 0 Å². The summed E-state index contributed by atoms with van der Waals surface area (Å²) in [4.78, 5) is 2.38. The zero-order valence-corrected chi connectivity index (χ0v) is 38.5. The number of benzene rings is 12. The maximum absolute atomic E-state index is 2.50. The molecule has 1 aromatic heterocycles. The van der Waals surface area contributed by atoms with E-state index in [9.17, 15) is 0 Å². The molecule has 0 aliphatic carbocycles. The quantitative estimate of drug-likeness (QED) is 0.140. The molecule has 12 aromatic carbocycles. The highest BCUT2D eigenvalue weighted by molar-refractivity contribution is 6.21. The number of para-hydroxylation sites is 2. The zero-order valence-electron chi connectivity index (χ0n) is 38.5. The first-order valence-electron chi connectivity index (χ1n) is 24.1. The maximum atomic E-state index is 2.50. The minimum absolute atomic E-state index is 1.07. The lowest BCUT2D eigenvalue weighted by Crippen LogP contribution is -2.10. The SMILES string of the molecule is c1ccc(-c2ccc(-c3ccc(N(c4ccc(-c5cccc(-c6ccccc6)c5-n5c6ccccc6c6c7ccccc7ccc65)cc4)c4cccc(-c5ccc6ccccc6c5)c4)cc3)cc2)cc1. The van der Waals surface area contributed by atoms with Crippen molar-refractivity contribution in [3.63, 3.8) is 0 Å². The van der Waals surface area contributed by atoms with Gasteiger partial charge in [0.25, 0.3) is 0 Å². The largest absolute Gasteiger partial charge is 0.310 e. The molecule has 0 bridgehead atoms.